The summed E-state index contributed by atoms with van der Waals surface area (Å²) in [5.74, 6) is -0.415. The van der Waals surface area contributed by atoms with Gasteiger partial charge in [-0.15, -0.1) is 0 Å². The summed E-state index contributed by atoms with van der Waals surface area (Å²) in [7, 11) is 0. The quantitative estimate of drug-likeness (QED) is 0.798. The van der Waals surface area contributed by atoms with Crippen molar-refractivity contribution in [3.63, 3.8) is 0 Å². The fourth-order valence-electron chi connectivity index (χ4n) is 1.35. The van der Waals surface area contributed by atoms with Gasteiger partial charge in [0.25, 0.3) is 5.91 Å². The van der Waals surface area contributed by atoms with Gasteiger partial charge >= 0.3 is 6.18 Å². The number of aliphatic hydroxyl groups excluding tert-OH is 1. The van der Waals surface area contributed by atoms with Crippen molar-refractivity contribution >= 4 is 5.91 Å². The molecule has 3 nitrogen and oxygen atoms in total. The number of unbranched alkanes of at least 4 members (excludes halogenated alkanes) is 1. The van der Waals surface area contributed by atoms with Crippen molar-refractivity contribution in [3.05, 3.63) is 35.4 Å². The molecule has 0 unspecified atom stereocenters. The van der Waals surface area contributed by atoms with Gasteiger partial charge in [0.05, 0.1) is 5.56 Å². The highest BCUT2D eigenvalue weighted by atomic mass is 19.4. The molecule has 100 valence electrons. The summed E-state index contributed by atoms with van der Waals surface area (Å²) in [6, 6.07) is 4.04. The van der Waals surface area contributed by atoms with Gasteiger partial charge in [-0.1, -0.05) is 0 Å². The van der Waals surface area contributed by atoms with Gasteiger partial charge in [-0.25, -0.2) is 0 Å². The van der Waals surface area contributed by atoms with Gasteiger partial charge in [-0.3, -0.25) is 4.79 Å². The third-order valence-electron chi connectivity index (χ3n) is 2.34. The molecule has 0 aliphatic carbocycles. The van der Waals surface area contributed by atoms with E-state index in [2.05, 4.69) is 5.32 Å². The van der Waals surface area contributed by atoms with E-state index in [4.69, 9.17) is 5.11 Å². The zero-order valence-corrected chi connectivity index (χ0v) is 9.63. The monoisotopic (exact) mass is 261 g/mol. The summed E-state index contributed by atoms with van der Waals surface area (Å²) < 4.78 is 36.9. The molecule has 1 amide bonds. The number of carbonyl (C=O) groups excluding carboxylic acids is 1. The van der Waals surface area contributed by atoms with Crippen molar-refractivity contribution in [2.45, 2.75) is 19.0 Å². The van der Waals surface area contributed by atoms with Crippen molar-refractivity contribution in [2.24, 2.45) is 0 Å². The molecular formula is C12H14F3NO2. The molecule has 18 heavy (non-hydrogen) atoms. The Hall–Kier alpha value is -1.56. The van der Waals surface area contributed by atoms with E-state index in [0.29, 0.717) is 19.4 Å². The Morgan fingerprint density at radius 1 is 1.17 bits per heavy atom. The highest BCUT2D eigenvalue weighted by Crippen LogP contribution is 2.28. The van der Waals surface area contributed by atoms with Gasteiger partial charge in [-0.05, 0) is 37.1 Å². The van der Waals surface area contributed by atoms with Crippen LogP contribution in [0.15, 0.2) is 24.3 Å². The molecule has 1 aromatic rings. The molecular weight excluding hydrogens is 247 g/mol. The van der Waals surface area contributed by atoms with Crippen molar-refractivity contribution in [1.29, 1.82) is 0 Å². The molecule has 0 saturated heterocycles. The summed E-state index contributed by atoms with van der Waals surface area (Å²) in [5.41, 5.74) is -0.591. The van der Waals surface area contributed by atoms with Gasteiger partial charge < -0.3 is 10.4 Å². The lowest BCUT2D eigenvalue weighted by atomic mass is 10.1. The molecule has 1 rings (SSSR count). The molecule has 6 heteroatoms. The Balaban J connectivity index is 2.54. The number of aliphatic hydroxyl groups is 1. The van der Waals surface area contributed by atoms with Gasteiger partial charge in [-0.2, -0.15) is 13.2 Å². The molecule has 1 aromatic carbocycles. The second-order valence-electron chi connectivity index (χ2n) is 3.76. The lowest BCUT2D eigenvalue weighted by molar-refractivity contribution is -0.137. The lowest BCUT2D eigenvalue weighted by Crippen LogP contribution is -2.24. The number of hydrogen-bond acceptors (Lipinski definition) is 2. The molecule has 0 saturated carbocycles. The highest BCUT2D eigenvalue weighted by molar-refractivity contribution is 5.94. The third kappa shape index (κ3) is 4.37. The minimum Gasteiger partial charge on any atom is -0.396 e. The van der Waals surface area contributed by atoms with Crippen molar-refractivity contribution in [1.82, 2.24) is 5.32 Å². The molecule has 0 radical (unpaired) electrons. The summed E-state index contributed by atoms with van der Waals surface area (Å²) in [4.78, 5) is 11.5. The average Bonchev–Trinajstić information content (AvgIpc) is 2.33. The van der Waals surface area contributed by atoms with Crippen LogP contribution in [-0.2, 0) is 6.18 Å². The van der Waals surface area contributed by atoms with Crippen molar-refractivity contribution in [2.75, 3.05) is 13.2 Å². The predicted molar refractivity (Wildman–Crippen MR) is 60.1 cm³/mol. The molecule has 2 N–H and O–H groups in total. The minimum absolute atomic E-state index is 0.0517. The van der Waals surface area contributed by atoms with E-state index in [1.54, 1.807) is 0 Å². The normalized spacial score (nSPS) is 11.3. The van der Waals surface area contributed by atoms with E-state index < -0.39 is 17.6 Å². The largest absolute Gasteiger partial charge is 0.416 e. The Morgan fingerprint density at radius 2 is 1.78 bits per heavy atom. The number of rotatable bonds is 5. The topological polar surface area (TPSA) is 49.3 Å². The number of carbonyl (C=O) groups is 1. The smallest absolute Gasteiger partial charge is 0.396 e. The van der Waals surface area contributed by atoms with E-state index in [1.165, 1.54) is 0 Å². The third-order valence-corrected chi connectivity index (χ3v) is 2.34. The second kappa shape index (κ2) is 6.39. The number of nitrogens with one attached hydrogen (secondary N) is 1. The number of alkyl halides is 3. The standard InChI is InChI=1S/C12H14F3NO2/c13-12(14,15)10-5-3-9(4-6-10)11(18)16-7-1-2-8-17/h3-6,17H,1-2,7-8H2,(H,16,18). The Kier molecular flexibility index (Phi) is 5.15. The van der Waals surface area contributed by atoms with Crippen molar-refractivity contribution in [3.8, 4) is 0 Å². The number of halogens is 3. The van der Waals surface area contributed by atoms with E-state index >= 15 is 0 Å². The predicted octanol–water partition coefficient (Wildman–Crippen LogP) is 2.21. The Labute approximate surface area is 103 Å². The molecule has 0 bridgehead atoms. The summed E-state index contributed by atoms with van der Waals surface area (Å²) in [6.07, 6.45) is -3.19. The summed E-state index contributed by atoms with van der Waals surface area (Å²) >= 11 is 0. The zero-order valence-electron chi connectivity index (χ0n) is 9.63. The summed E-state index contributed by atoms with van der Waals surface area (Å²) in [5, 5.41) is 11.1. The zero-order chi connectivity index (χ0) is 13.6. The van der Waals surface area contributed by atoms with Crippen LogP contribution in [0.5, 0.6) is 0 Å². The molecule has 0 aliphatic heterocycles. The van der Waals surface area contributed by atoms with Crippen molar-refractivity contribution < 1.29 is 23.1 Å². The molecule has 0 spiro atoms. The van der Waals surface area contributed by atoms with E-state index in [1.807, 2.05) is 0 Å². The maximum atomic E-state index is 12.3. The van der Waals surface area contributed by atoms with Crippen LogP contribution in [0.2, 0.25) is 0 Å². The number of amides is 1. The van der Waals surface area contributed by atoms with Gasteiger partial charge in [0.1, 0.15) is 0 Å². The Bertz CT molecular complexity index is 387. The van der Waals surface area contributed by atoms with Crippen LogP contribution in [0.25, 0.3) is 0 Å². The van der Waals surface area contributed by atoms with Crippen LogP contribution in [0.3, 0.4) is 0 Å². The molecule has 0 aliphatic rings. The Morgan fingerprint density at radius 3 is 2.28 bits per heavy atom. The van der Waals surface area contributed by atoms with Gasteiger partial charge in [0.2, 0.25) is 0 Å². The van der Waals surface area contributed by atoms with E-state index in [-0.39, 0.29) is 12.2 Å². The highest BCUT2D eigenvalue weighted by Gasteiger charge is 2.30. The van der Waals surface area contributed by atoms with Crippen LogP contribution in [-0.4, -0.2) is 24.2 Å². The average molecular weight is 261 g/mol. The van der Waals surface area contributed by atoms with Crippen LogP contribution in [0.1, 0.15) is 28.8 Å². The van der Waals surface area contributed by atoms with Gasteiger partial charge in [0.15, 0.2) is 0 Å². The summed E-state index contributed by atoms with van der Waals surface area (Å²) in [6.45, 7) is 0.441. The number of benzene rings is 1. The minimum atomic E-state index is -4.39. The fraction of sp³-hybridized carbons (Fsp3) is 0.417. The molecule has 0 heterocycles. The molecule has 0 atom stereocenters. The first kappa shape index (κ1) is 14.5. The number of hydrogen-bond donors (Lipinski definition) is 2. The first-order chi connectivity index (χ1) is 8.45. The van der Waals surface area contributed by atoms with Crippen LogP contribution < -0.4 is 5.32 Å². The first-order valence-corrected chi connectivity index (χ1v) is 5.51. The van der Waals surface area contributed by atoms with E-state index in [9.17, 15) is 18.0 Å². The SMILES string of the molecule is O=C(NCCCCO)c1ccc(C(F)(F)F)cc1. The maximum absolute atomic E-state index is 12.3. The van der Waals surface area contributed by atoms with Gasteiger partial charge in [0, 0.05) is 18.7 Å². The van der Waals surface area contributed by atoms with Crippen LogP contribution in [0, 0.1) is 0 Å². The fourth-order valence-corrected chi connectivity index (χ4v) is 1.35. The second-order valence-corrected chi connectivity index (χ2v) is 3.76. The lowest BCUT2D eigenvalue weighted by Gasteiger charge is -2.08. The first-order valence-electron chi connectivity index (χ1n) is 5.51. The molecule has 0 fully saturated rings. The van der Waals surface area contributed by atoms with Crippen LogP contribution in [0.4, 0.5) is 13.2 Å². The maximum Gasteiger partial charge on any atom is 0.416 e. The molecule has 0 aromatic heterocycles. The van der Waals surface area contributed by atoms with E-state index in [0.717, 1.165) is 24.3 Å². The van der Waals surface area contributed by atoms with Crippen LogP contribution >= 0.6 is 0 Å².